The van der Waals surface area contributed by atoms with Crippen LogP contribution in [0.15, 0.2) is 24.3 Å². The normalized spacial score (nSPS) is 14.0. The van der Waals surface area contributed by atoms with E-state index in [0.717, 1.165) is 11.8 Å². The molecular weight excluding hydrogens is 300 g/mol. The third-order valence-corrected chi connectivity index (χ3v) is 3.57. The third-order valence-electron chi connectivity index (χ3n) is 2.85. The Kier molecular flexibility index (Phi) is 6.28. The van der Waals surface area contributed by atoms with Gasteiger partial charge in [-0.15, -0.1) is 0 Å². The summed E-state index contributed by atoms with van der Waals surface area (Å²) in [6.45, 7) is 10.5. The second kappa shape index (κ2) is 7.25. The van der Waals surface area contributed by atoms with Crippen molar-refractivity contribution in [3.8, 4) is 0 Å². The van der Waals surface area contributed by atoms with E-state index < -0.39 is 0 Å². The summed E-state index contributed by atoms with van der Waals surface area (Å²) in [6.07, 6.45) is 5.39. The SMILES string of the molecule is C/C=C\c1cc(CC(CBr)OC(C)(C)C)ccc1C. The molecule has 0 aliphatic carbocycles. The van der Waals surface area contributed by atoms with E-state index in [9.17, 15) is 0 Å². The maximum atomic E-state index is 6.06. The Labute approximate surface area is 126 Å². The summed E-state index contributed by atoms with van der Waals surface area (Å²) >= 11 is 3.55. The van der Waals surface area contributed by atoms with Crippen LogP contribution in [-0.4, -0.2) is 17.0 Å². The van der Waals surface area contributed by atoms with Crippen molar-refractivity contribution >= 4 is 22.0 Å². The quantitative estimate of drug-likeness (QED) is 0.680. The Morgan fingerprint density at radius 3 is 2.53 bits per heavy atom. The van der Waals surface area contributed by atoms with Gasteiger partial charge in [0.1, 0.15) is 0 Å². The molecule has 2 heteroatoms. The molecule has 1 nitrogen and oxygen atoms in total. The van der Waals surface area contributed by atoms with Crippen molar-refractivity contribution in [3.05, 3.63) is 41.0 Å². The molecule has 0 saturated heterocycles. The van der Waals surface area contributed by atoms with Crippen LogP contribution in [0, 0.1) is 6.92 Å². The lowest BCUT2D eigenvalue weighted by molar-refractivity contribution is -0.0477. The molecule has 0 aliphatic rings. The van der Waals surface area contributed by atoms with E-state index in [2.05, 4.69) is 80.9 Å². The van der Waals surface area contributed by atoms with Gasteiger partial charge in [-0.05, 0) is 57.7 Å². The second-order valence-corrected chi connectivity index (χ2v) is 6.55. The van der Waals surface area contributed by atoms with Gasteiger partial charge < -0.3 is 4.74 Å². The smallest absolute Gasteiger partial charge is 0.0719 e. The topological polar surface area (TPSA) is 9.23 Å². The highest BCUT2D eigenvalue weighted by Gasteiger charge is 2.18. The molecule has 1 aromatic rings. The Balaban J connectivity index is 2.83. The minimum absolute atomic E-state index is 0.102. The van der Waals surface area contributed by atoms with E-state index >= 15 is 0 Å². The molecule has 1 rings (SSSR count). The van der Waals surface area contributed by atoms with E-state index in [-0.39, 0.29) is 11.7 Å². The number of aryl methyl sites for hydroxylation is 1. The third kappa shape index (κ3) is 5.92. The average molecular weight is 325 g/mol. The number of ether oxygens (including phenoxy) is 1. The molecule has 19 heavy (non-hydrogen) atoms. The minimum Gasteiger partial charge on any atom is -0.371 e. The molecule has 0 saturated carbocycles. The van der Waals surface area contributed by atoms with Crippen molar-refractivity contribution in [3.63, 3.8) is 0 Å². The number of halogens is 1. The monoisotopic (exact) mass is 324 g/mol. The molecule has 0 spiro atoms. The molecule has 0 amide bonds. The largest absolute Gasteiger partial charge is 0.371 e. The van der Waals surface area contributed by atoms with Gasteiger partial charge in [-0.25, -0.2) is 0 Å². The highest BCUT2D eigenvalue weighted by atomic mass is 79.9. The van der Waals surface area contributed by atoms with E-state index in [4.69, 9.17) is 4.74 Å². The molecule has 1 atom stereocenters. The number of benzene rings is 1. The fourth-order valence-electron chi connectivity index (χ4n) is 2.07. The average Bonchev–Trinajstić information content (AvgIpc) is 2.31. The van der Waals surface area contributed by atoms with E-state index in [1.165, 1.54) is 16.7 Å². The molecule has 1 unspecified atom stereocenters. The fraction of sp³-hybridized carbons (Fsp3) is 0.529. The molecule has 0 aliphatic heterocycles. The standard InChI is InChI=1S/C17H25BrO/c1-6-7-15-10-14(9-8-13(15)2)11-16(12-18)19-17(3,4)5/h6-10,16H,11-12H2,1-5H3/b7-6-. The first-order chi connectivity index (χ1) is 8.85. The first-order valence-electron chi connectivity index (χ1n) is 6.81. The Bertz CT molecular complexity index is 429. The van der Waals surface area contributed by atoms with Gasteiger partial charge in [-0.3, -0.25) is 0 Å². The van der Waals surface area contributed by atoms with E-state index in [0.29, 0.717) is 0 Å². The lowest BCUT2D eigenvalue weighted by Crippen LogP contribution is -2.30. The summed E-state index contributed by atoms with van der Waals surface area (Å²) in [7, 11) is 0. The van der Waals surface area contributed by atoms with Gasteiger partial charge in [-0.2, -0.15) is 0 Å². The van der Waals surface area contributed by atoms with Crippen molar-refractivity contribution in [1.29, 1.82) is 0 Å². The summed E-state index contributed by atoms with van der Waals surface area (Å²) in [4.78, 5) is 0. The summed E-state index contributed by atoms with van der Waals surface area (Å²) in [5.41, 5.74) is 3.83. The van der Waals surface area contributed by atoms with Crippen LogP contribution in [0.25, 0.3) is 6.08 Å². The zero-order valence-electron chi connectivity index (χ0n) is 12.7. The van der Waals surface area contributed by atoms with Crippen LogP contribution in [-0.2, 0) is 11.2 Å². The molecule has 0 heterocycles. The number of hydrogen-bond donors (Lipinski definition) is 0. The van der Waals surface area contributed by atoms with Gasteiger partial charge in [0, 0.05) is 5.33 Å². The molecule has 1 aromatic carbocycles. The molecule has 0 aromatic heterocycles. The molecule has 0 radical (unpaired) electrons. The van der Waals surface area contributed by atoms with Gasteiger partial charge in [0.15, 0.2) is 0 Å². The summed E-state index contributed by atoms with van der Waals surface area (Å²) < 4.78 is 6.06. The maximum Gasteiger partial charge on any atom is 0.0719 e. The van der Waals surface area contributed by atoms with E-state index in [1.54, 1.807) is 0 Å². The highest BCUT2D eigenvalue weighted by Crippen LogP contribution is 2.19. The molecule has 106 valence electrons. The zero-order valence-corrected chi connectivity index (χ0v) is 14.3. The van der Waals surface area contributed by atoms with Crippen LogP contribution in [0.3, 0.4) is 0 Å². The van der Waals surface area contributed by atoms with Crippen molar-refractivity contribution in [1.82, 2.24) is 0 Å². The highest BCUT2D eigenvalue weighted by molar-refractivity contribution is 9.09. The van der Waals surface area contributed by atoms with Crippen molar-refractivity contribution in [2.75, 3.05) is 5.33 Å². The van der Waals surface area contributed by atoms with Gasteiger partial charge in [0.05, 0.1) is 11.7 Å². The lowest BCUT2D eigenvalue weighted by Gasteiger charge is -2.26. The van der Waals surface area contributed by atoms with Crippen molar-refractivity contribution in [2.45, 2.75) is 52.7 Å². The minimum atomic E-state index is -0.102. The molecule has 0 bridgehead atoms. The number of alkyl halides is 1. The lowest BCUT2D eigenvalue weighted by atomic mass is 10.0. The fourth-order valence-corrected chi connectivity index (χ4v) is 2.43. The van der Waals surface area contributed by atoms with Crippen LogP contribution >= 0.6 is 15.9 Å². The second-order valence-electron chi connectivity index (χ2n) is 5.90. The van der Waals surface area contributed by atoms with Gasteiger partial charge in [-0.1, -0.05) is 46.3 Å². The first kappa shape index (κ1) is 16.5. The summed E-state index contributed by atoms with van der Waals surface area (Å²) in [5.74, 6) is 0. The van der Waals surface area contributed by atoms with Gasteiger partial charge >= 0.3 is 0 Å². The van der Waals surface area contributed by atoms with Crippen molar-refractivity contribution < 1.29 is 4.74 Å². The Morgan fingerprint density at radius 2 is 2.00 bits per heavy atom. The molecule has 0 fully saturated rings. The number of allylic oxidation sites excluding steroid dienone is 1. The Morgan fingerprint density at radius 1 is 1.32 bits per heavy atom. The van der Waals surface area contributed by atoms with Crippen LogP contribution in [0.4, 0.5) is 0 Å². The predicted octanol–water partition coefficient (Wildman–Crippen LogP) is 5.15. The van der Waals surface area contributed by atoms with Crippen LogP contribution in [0.2, 0.25) is 0 Å². The number of hydrogen-bond acceptors (Lipinski definition) is 1. The zero-order chi connectivity index (χ0) is 14.5. The van der Waals surface area contributed by atoms with E-state index in [1.807, 2.05) is 0 Å². The summed E-state index contributed by atoms with van der Waals surface area (Å²) in [6, 6.07) is 6.65. The number of rotatable bonds is 5. The van der Waals surface area contributed by atoms with Gasteiger partial charge in [0.25, 0.3) is 0 Å². The maximum absolute atomic E-state index is 6.06. The predicted molar refractivity (Wildman–Crippen MR) is 88.0 cm³/mol. The van der Waals surface area contributed by atoms with Gasteiger partial charge in [0.2, 0.25) is 0 Å². The Hall–Kier alpha value is -0.600. The van der Waals surface area contributed by atoms with Crippen LogP contribution in [0.1, 0.15) is 44.4 Å². The first-order valence-corrected chi connectivity index (χ1v) is 7.94. The van der Waals surface area contributed by atoms with Crippen LogP contribution in [0.5, 0.6) is 0 Å². The summed E-state index contributed by atoms with van der Waals surface area (Å²) in [5, 5.41) is 0.858. The van der Waals surface area contributed by atoms with Crippen LogP contribution < -0.4 is 0 Å². The molecule has 0 N–H and O–H groups in total. The molecular formula is C17H25BrO. The van der Waals surface area contributed by atoms with Crippen molar-refractivity contribution in [2.24, 2.45) is 0 Å².